The van der Waals surface area contributed by atoms with E-state index in [9.17, 15) is 4.79 Å². The molecule has 1 aliphatic rings. The first-order valence-electron chi connectivity index (χ1n) is 7.31. The van der Waals surface area contributed by atoms with Crippen molar-refractivity contribution in [1.29, 1.82) is 0 Å². The minimum atomic E-state index is -0.258. The number of amides is 1. The molecule has 0 aliphatic carbocycles. The number of aromatic amines is 1. The average molecular weight is 285 g/mol. The second kappa shape index (κ2) is 6.54. The highest BCUT2D eigenvalue weighted by Crippen LogP contribution is 2.15. The van der Waals surface area contributed by atoms with Gasteiger partial charge in [-0.1, -0.05) is 30.3 Å². The molecule has 1 aliphatic heterocycles. The van der Waals surface area contributed by atoms with Crippen LogP contribution >= 0.6 is 0 Å². The van der Waals surface area contributed by atoms with Crippen LogP contribution < -0.4 is 5.32 Å². The quantitative estimate of drug-likeness (QED) is 0.882. The van der Waals surface area contributed by atoms with Gasteiger partial charge in [0.15, 0.2) is 0 Å². The Kier molecular flexibility index (Phi) is 4.31. The van der Waals surface area contributed by atoms with E-state index in [1.54, 1.807) is 0 Å². The summed E-state index contributed by atoms with van der Waals surface area (Å²) in [5.41, 5.74) is 2.08. The van der Waals surface area contributed by atoms with Crippen LogP contribution in [0, 0.1) is 0 Å². The lowest BCUT2D eigenvalue weighted by Crippen LogP contribution is -2.35. The van der Waals surface area contributed by atoms with Gasteiger partial charge >= 0.3 is 0 Å². The Hall–Kier alpha value is -2.14. The van der Waals surface area contributed by atoms with Crippen molar-refractivity contribution in [3.05, 3.63) is 42.2 Å². The van der Waals surface area contributed by atoms with E-state index in [4.69, 9.17) is 4.74 Å². The van der Waals surface area contributed by atoms with Crippen LogP contribution in [0.2, 0.25) is 0 Å². The van der Waals surface area contributed by atoms with E-state index in [1.165, 1.54) is 0 Å². The molecule has 110 valence electrons. The Morgan fingerprint density at radius 2 is 2.24 bits per heavy atom. The number of carbonyl (C=O) groups excluding carboxylic acids is 1. The third kappa shape index (κ3) is 3.49. The number of hydrogen-bond donors (Lipinski definition) is 2. The topological polar surface area (TPSA) is 67.0 Å². The van der Waals surface area contributed by atoms with Crippen LogP contribution in [0.15, 0.2) is 36.5 Å². The van der Waals surface area contributed by atoms with E-state index in [0.29, 0.717) is 13.2 Å². The molecule has 0 spiro atoms. The van der Waals surface area contributed by atoms with Gasteiger partial charge in [-0.05, 0) is 12.8 Å². The predicted octanol–water partition coefficient (Wildman–Crippen LogP) is 1.91. The van der Waals surface area contributed by atoms with E-state index in [2.05, 4.69) is 15.3 Å². The number of ether oxygens (including phenoxy) is 1. The molecule has 3 rings (SSSR count). The molecular weight excluding hydrogens is 266 g/mol. The second-order valence-electron chi connectivity index (χ2n) is 5.17. The van der Waals surface area contributed by atoms with Gasteiger partial charge in [0.05, 0.1) is 0 Å². The van der Waals surface area contributed by atoms with Gasteiger partial charge in [0.2, 0.25) is 5.91 Å². The Morgan fingerprint density at radius 3 is 3.00 bits per heavy atom. The molecule has 0 radical (unpaired) electrons. The highest BCUT2D eigenvalue weighted by atomic mass is 16.5. The van der Waals surface area contributed by atoms with Gasteiger partial charge in [0.1, 0.15) is 11.9 Å². The summed E-state index contributed by atoms with van der Waals surface area (Å²) in [7, 11) is 0. The van der Waals surface area contributed by atoms with Crippen molar-refractivity contribution in [3.63, 3.8) is 0 Å². The Balaban J connectivity index is 1.50. The van der Waals surface area contributed by atoms with Crippen molar-refractivity contribution in [2.45, 2.75) is 25.4 Å². The van der Waals surface area contributed by atoms with Crippen molar-refractivity contribution >= 4 is 5.91 Å². The number of hydrogen-bond acceptors (Lipinski definition) is 3. The van der Waals surface area contributed by atoms with E-state index < -0.39 is 0 Å². The first kappa shape index (κ1) is 13.8. The van der Waals surface area contributed by atoms with Gasteiger partial charge in [-0.3, -0.25) is 4.79 Å². The highest BCUT2D eigenvalue weighted by Gasteiger charge is 2.22. The number of carbonyl (C=O) groups is 1. The second-order valence-corrected chi connectivity index (χ2v) is 5.17. The van der Waals surface area contributed by atoms with Crippen molar-refractivity contribution in [2.24, 2.45) is 0 Å². The molecule has 0 bridgehead atoms. The fourth-order valence-corrected chi connectivity index (χ4v) is 2.45. The molecule has 2 N–H and O–H groups in total. The molecule has 21 heavy (non-hydrogen) atoms. The molecule has 0 saturated carbocycles. The average Bonchev–Trinajstić information content (AvgIpc) is 3.20. The molecule has 1 amide bonds. The minimum Gasteiger partial charge on any atom is -0.368 e. The third-order valence-electron chi connectivity index (χ3n) is 3.59. The Labute approximate surface area is 123 Å². The molecule has 2 heterocycles. The SMILES string of the molecule is O=C(NCCc1cnc(-c2ccccc2)[nH]1)C1CCCO1. The summed E-state index contributed by atoms with van der Waals surface area (Å²) < 4.78 is 5.35. The predicted molar refractivity (Wildman–Crippen MR) is 79.7 cm³/mol. The summed E-state index contributed by atoms with van der Waals surface area (Å²) in [5.74, 6) is 0.853. The highest BCUT2D eigenvalue weighted by molar-refractivity contribution is 5.80. The van der Waals surface area contributed by atoms with Crippen molar-refractivity contribution in [2.75, 3.05) is 13.2 Å². The summed E-state index contributed by atoms with van der Waals surface area (Å²) >= 11 is 0. The van der Waals surface area contributed by atoms with Crippen LogP contribution in [0.25, 0.3) is 11.4 Å². The smallest absolute Gasteiger partial charge is 0.249 e. The van der Waals surface area contributed by atoms with Crippen LogP contribution in [0.4, 0.5) is 0 Å². The maximum Gasteiger partial charge on any atom is 0.249 e. The number of rotatable bonds is 5. The molecule has 5 nitrogen and oxygen atoms in total. The summed E-state index contributed by atoms with van der Waals surface area (Å²) in [6.45, 7) is 1.29. The maximum atomic E-state index is 11.8. The summed E-state index contributed by atoms with van der Waals surface area (Å²) in [6, 6.07) is 9.98. The van der Waals surface area contributed by atoms with Crippen LogP contribution in [0.3, 0.4) is 0 Å². The fourth-order valence-electron chi connectivity index (χ4n) is 2.45. The van der Waals surface area contributed by atoms with Crippen LogP contribution in [-0.4, -0.2) is 35.1 Å². The molecule has 1 aromatic carbocycles. The molecule has 1 atom stereocenters. The number of imidazole rings is 1. The van der Waals surface area contributed by atoms with Gasteiger partial charge in [0, 0.05) is 37.0 Å². The maximum absolute atomic E-state index is 11.8. The third-order valence-corrected chi connectivity index (χ3v) is 3.59. The van der Waals surface area contributed by atoms with Crippen molar-refractivity contribution < 1.29 is 9.53 Å². The lowest BCUT2D eigenvalue weighted by molar-refractivity contribution is -0.129. The largest absolute Gasteiger partial charge is 0.368 e. The Morgan fingerprint density at radius 1 is 1.38 bits per heavy atom. The summed E-state index contributed by atoms with van der Waals surface area (Å²) in [5, 5.41) is 2.91. The van der Waals surface area contributed by atoms with Gasteiger partial charge in [-0.2, -0.15) is 0 Å². The normalized spacial score (nSPS) is 17.8. The van der Waals surface area contributed by atoms with Gasteiger partial charge in [-0.25, -0.2) is 4.98 Å². The van der Waals surface area contributed by atoms with Gasteiger partial charge in [-0.15, -0.1) is 0 Å². The van der Waals surface area contributed by atoms with Gasteiger partial charge < -0.3 is 15.0 Å². The zero-order chi connectivity index (χ0) is 14.5. The number of aromatic nitrogens is 2. The van der Waals surface area contributed by atoms with E-state index >= 15 is 0 Å². The van der Waals surface area contributed by atoms with E-state index in [1.807, 2.05) is 36.5 Å². The fraction of sp³-hybridized carbons (Fsp3) is 0.375. The zero-order valence-corrected chi connectivity index (χ0v) is 11.8. The number of H-pyrrole nitrogens is 1. The van der Waals surface area contributed by atoms with Gasteiger partial charge in [0.25, 0.3) is 0 Å². The molecule has 1 unspecified atom stereocenters. The van der Waals surface area contributed by atoms with E-state index in [-0.39, 0.29) is 12.0 Å². The van der Waals surface area contributed by atoms with Crippen molar-refractivity contribution in [1.82, 2.24) is 15.3 Å². The molecule has 5 heteroatoms. The van der Waals surface area contributed by atoms with E-state index in [0.717, 1.165) is 36.3 Å². The first-order chi connectivity index (χ1) is 10.3. The van der Waals surface area contributed by atoms with Crippen molar-refractivity contribution in [3.8, 4) is 11.4 Å². The zero-order valence-electron chi connectivity index (χ0n) is 11.8. The number of nitrogens with zero attached hydrogens (tertiary/aromatic N) is 1. The molecule has 1 saturated heterocycles. The van der Waals surface area contributed by atoms with Crippen LogP contribution in [0.5, 0.6) is 0 Å². The lowest BCUT2D eigenvalue weighted by atomic mass is 10.2. The molecular formula is C16H19N3O2. The number of benzene rings is 1. The Bertz CT molecular complexity index is 589. The van der Waals surface area contributed by atoms with Crippen LogP contribution in [0.1, 0.15) is 18.5 Å². The summed E-state index contributed by atoms with van der Waals surface area (Å²) in [6.07, 6.45) is 4.10. The lowest BCUT2D eigenvalue weighted by Gasteiger charge is -2.09. The molecule has 1 aromatic heterocycles. The minimum absolute atomic E-state index is 0.00435. The van der Waals surface area contributed by atoms with Crippen LogP contribution in [-0.2, 0) is 16.0 Å². The molecule has 1 fully saturated rings. The first-order valence-corrected chi connectivity index (χ1v) is 7.31. The summed E-state index contributed by atoms with van der Waals surface area (Å²) in [4.78, 5) is 19.4. The molecule has 2 aromatic rings. The number of nitrogens with one attached hydrogen (secondary N) is 2. The monoisotopic (exact) mass is 285 g/mol. The standard InChI is InChI=1S/C16H19N3O2/c20-16(14-7-4-10-21-14)17-9-8-13-11-18-15(19-13)12-5-2-1-3-6-12/h1-3,5-6,11,14H,4,7-10H2,(H,17,20)(H,18,19).